The average Bonchev–Trinajstić information content (AvgIpc) is 2.61. The molecule has 0 heterocycles. The molecule has 0 fully saturated rings. The minimum absolute atomic E-state index is 0.0917. The molecule has 0 aromatic heterocycles. The Morgan fingerprint density at radius 2 is 1.80 bits per heavy atom. The van der Waals surface area contributed by atoms with Gasteiger partial charge in [-0.1, -0.05) is 32.0 Å². The molecule has 0 saturated carbocycles. The second kappa shape index (κ2) is 8.42. The Bertz CT molecular complexity index is 742. The van der Waals surface area contributed by atoms with E-state index in [1.54, 1.807) is 26.4 Å². The van der Waals surface area contributed by atoms with Gasteiger partial charge < -0.3 is 20.1 Å². The molecule has 2 rings (SSSR count). The minimum Gasteiger partial charge on any atom is -0.493 e. The van der Waals surface area contributed by atoms with Gasteiger partial charge in [0.1, 0.15) is 0 Å². The van der Waals surface area contributed by atoms with Crippen molar-refractivity contribution in [2.75, 3.05) is 31.4 Å². The maximum absolute atomic E-state index is 12.4. The zero-order chi connectivity index (χ0) is 18.4. The standard InChI is InChI=1S/C20H26N2O3/c1-13(2)16-8-6-7-14(3)20(16)22-19(23)12-21-15-9-10-17(24-4)18(11-15)25-5/h6-11,13,21H,12H2,1-5H3,(H,22,23). The van der Waals surface area contributed by atoms with Crippen LogP contribution in [0.25, 0.3) is 0 Å². The van der Waals surface area contributed by atoms with Crippen molar-refractivity contribution in [1.82, 2.24) is 0 Å². The van der Waals surface area contributed by atoms with Crippen molar-refractivity contribution < 1.29 is 14.3 Å². The van der Waals surface area contributed by atoms with E-state index in [0.29, 0.717) is 17.4 Å². The topological polar surface area (TPSA) is 59.6 Å². The molecule has 0 atom stereocenters. The van der Waals surface area contributed by atoms with Crippen molar-refractivity contribution in [3.63, 3.8) is 0 Å². The van der Waals surface area contributed by atoms with Crippen LogP contribution in [-0.2, 0) is 4.79 Å². The smallest absolute Gasteiger partial charge is 0.243 e. The Kier molecular flexibility index (Phi) is 6.28. The third-order valence-corrected chi connectivity index (χ3v) is 4.03. The van der Waals surface area contributed by atoms with Crippen molar-refractivity contribution in [2.24, 2.45) is 0 Å². The van der Waals surface area contributed by atoms with Crippen LogP contribution in [0.1, 0.15) is 30.9 Å². The van der Waals surface area contributed by atoms with Crippen LogP contribution in [0.2, 0.25) is 0 Å². The molecule has 5 nitrogen and oxygen atoms in total. The number of nitrogens with one attached hydrogen (secondary N) is 2. The van der Waals surface area contributed by atoms with Crippen molar-refractivity contribution in [2.45, 2.75) is 26.7 Å². The summed E-state index contributed by atoms with van der Waals surface area (Å²) in [6.07, 6.45) is 0. The summed E-state index contributed by atoms with van der Waals surface area (Å²) in [5, 5.41) is 6.14. The summed E-state index contributed by atoms with van der Waals surface area (Å²) in [7, 11) is 3.17. The van der Waals surface area contributed by atoms with Gasteiger partial charge >= 0.3 is 0 Å². The SMILES string of the molecule is COc1ccc(NCC(=O)Nc2c(C)cccc2C(C)C)cc1OC. The average molecular weight is 342 g/mol. The third kappa shape index (κ3) is 4.66. The molecule has 5 heteroatoms. The van der Waals surface area contributed by atoms with Gasteiger partial charge in [-0.05, 0) is 36.1 Å². The second-order valence-corrected chi connectivity index (χ2v) is 6.17. The molecule has 0 bridgehead atoms. The lowest BCUT2D eigenvalue weighted by atomic mass is 9.98. The van der Waals surface area contributed by atoms with Gasteiger partial charge in [-0.3, -0.25) is 4.79 Å². The first-order valence-electron chi connectivity index (χ1n) is 8.31. The molecule has 1 amide bonds. The monoisotopic (exact) mass is 342 g/mol. The number of ether oxygens (including phenoxy) is 2. The molecule has 25 heavy (non-hydrogen) atoms. The molecule has 0 aliphatic rings. The number of benzene rings is 2. The molecule has 0 aliphatic carbocycles. The summed E-state index contributed by atoms with van der Waals surface area (Å²) in [6.45, 7) is 6.41. The summed E-state index contributed by atoms with van der Waals surface area (Å²) >= 11 is 0. The lowest BCUT2D eigenvalue weighted by Crippen LogP contribution is -2.23. The van der Waals surface area contributed by atoms with Crippen LogP contribution in [0, 0.1) is 6.92 Å². The van der Waals surface area contributed by atoms with Gasteiger partial charge in [-0.2, -0.15) is 0 Å². The predicted molar refractivity (Wildman–Crippen MR) is 102 cm³/mol. The van der Waals surface area contributed by atoms with Crippen LogP contribution in [-0.4, -0.2) is 26.7 Å². The van der Waals surface area contributed by atoms with Crippen LogP contribution >= 0.6 is 0 Å². The number of hydrogen-bond donors (Lipinski definition) is 2. The van der Waals surface area contributed by atoms with Crippen LogP contribution < -0.4 is 20.1 Å². The van der Waals surface area contributed by atoms with Gasteiger partial charge in [0, 0.05) is 17.4 Å². The van der Waals surface area contributed by atoms with E-state index < -0.39 is 0 Å². The fourth-order valence-electron chi connectivity index (χ4n) is 2.65. The van der Waals surface area contributed by atoms with Gasteiger partial charge in [0.05, 0.1) is 20.8 Å². The van der Waals surface area contributed by atoms with E-state index in [1.165, 1.54) is 0 Å². The number of amides is 1. The quantitative estimate of drug-likeness (QED) is 0.792. The van der Waals surface area contributed by atoms with Crippen LogP contribution in [0.5, 0.6) is 11.5 Å². The molecule has 134 valence electrons. The highest BCUT2D eigenvalue weighted by Gasteiger charge is 2.12. The summed E-state index contributed by atoms with van der Waals surface area (Å²) < 4.78 is 10.5. The minimum atomic E-state index is -0.0917. The van der Waals surface area contributed by atoms with E-state index in [1.807, 2.05) is 25.1 Å². The van der Waals surface area contributed by atoms with Gasteiger partial charge in [-0.25, -0.2) is 0 Å². The lowest BCUT2D eigenvalue weighted by molar-refractivity contribution is -0.114. The molecule has 0 saturated heterocycles. The van der Waals surface area contributed by atoms with Gasteiger partial charge in [0.2, 0.25) is 5.91 Å². The molecule has 0 radical (unpaired) electrons. The molecule has 0 unspecified atom stereocenters. The Morgan fingerprint density at radius 1 is 1.08 bits per heavy atom. The maximum atomic E-state index is 12.4. The highest BCUT2D eigenvalue weighted by molar-refractivity contribution is 5.95. The van der Waals surface area contributed by atoms with Crippen molar-refractivity contribution in [3.05, 3.63) is 47.5 Å². The summed E-state index contributed by atoms with van der Waals surface area (Å²) in [5.41, 5.74) is 3.89. The molecular weight excluding hydrogens is 316 g/mol. The van der Waals surface area contributed by atoms with Crippen molar-refractivity contribution in [1.29, 1.82) is 0 Å². The third-order valence-electron chi connectivity index (χ3n) is 4.03. The van der Waals surface area contributed by atoms with E-state index in [4.69, 9.17) is 9.47 Å². The van der Waals surface area contributed by atoms with E-state index in [2.05, 4.69) is 30.5 Å². The second-order valence-electron chi connectivity index (χ2n) is 6.17. The number of hydrogen-bond acceptors (Lipinski definition) is 4. The first-order valence-corrected chi connectivity index (χ1v) is 8.31. The lowest BCUT2D eigenvalue weighted by Gasteiger charge is -2.17. The van der Waals surface area contributed by atoms with E-state index in [0.717, 1.165) is 22.5 Å². The number of carbonyl (C=O) groups is 1. The molecule has 0 aliphatic heterocycles. The van der Waals surface area contributed by atoms with Crippen molar-refractivity contribution in [3.8, 4) is 11.5 Å². The normalized spacial score (nSPS) is 10.5. The fourth-order valence-corrected chi connectivity index (χ4v) is 2.65. The first-order chi connectivity index (χ1) is 12.0. The van der Waals surface area contributed by atoms with Gasteiger partial charge in [-0.15, -0.1) is 0 Å². The predicted octanol–water partition coefficient (Wildman–Crippen LogP) is 4.19. The highest BCUT2D eigenvalue weighted by atomic mass is 16.5. The summed E-state index contributed by atoms with van der Waals surface area (Å²) in [4.78, 5) is 12.4. The Hall–Kier alpha value is -2.69. The Morgan fingerprint density at radius 3 is 2.44 bits per heavy atom. The molecule has 0 spiro atoms. The molecule has 2 aromatic carbocycles. The number of rotatable bonds is 7. The zero-order valence-electron chi connectivity index (χ0n) is 15.5. The molecule has 2 aromatic rings. The largest absolute Gasteiger partial charge is 0.493 e. The highest BCUT2D eigenvalue weighted by Crippen LogP contribution is 2.30. The first kappa shape index (κ1) is 18.6. The number of anilines is 2. The number of aryl methyl sites for hydroxylation is 1. The number of methoxy groups -OCH3 is 2. The number of carbonyl (C=O) groups excluding carboxylic acids is 1. The molecular formula is C20H26N2O3. The fraction of sp³-hybridized carbons (Fsp3) is 0.350. The summed E-state index contributed by atoms with van der Waals surface area (Å²) in [5.74, 6) is 1.52. The number of para-hydroxylation sites is 1. The maximum Gasteiger partial charge on any atom is 0.243 e. The van der Waals surface area contributed by atoms with E-state index >= 15 is 0 Å². The van der Waals surface area contributed by atoms with Crippen molar-refractivity contribution >= 4 is 17.3 Å². The van der Waals surface area contributed by atoms with Gasteiger partial charge in [0.15, 0.2) is 11.5 Å². The zero-order valence-corrected chi connectivity index (χ0v) is 15.5. The van der Waals surface area contributed by atoms with Gasteiger partial charge in [0.25, 0.3) is 0 Å². The summed E-state index contributed by atoms with van der Waals surface area (Å²) in [6, 6.07) is 11.5. The van der Waals surface area contributed by atoms with Crippen LogP contribution in [0.4, 0.5) is 11.4 Å². The van der Waals surface area contributed by atoms with Crippen LogP contribution in [0.15, 0.2) is 36.4 Å². The van der Waals surface area contributed by atoms with E-state index in [-0.39, 0.29) is 12.5 Å². The Balaban J connectivity index is 2.05. The van der Waals surface area contributed by atoms with E-state index in [9.17, 15) is 4.79 Å². The van der Waals surface area contributed by atoms with Crippen LogP contribution in [0.3, 0.4) is 0 Å². The Labute approximate surface area is 149 Å². The molecule has 2 N–H and O–H groups in total.